The molecule has 1 aromatic rings. The molecule has 3 heterocycles. The zero-order valence-corrected chi connectivity index (χ0v) is 15.9. The molecule has 2 aliphatic heterocycles. The molecule has 2 aliphatic rings. The van der Waals surface area contributed by atoms with Crippen LogP contribution in [0, 0.1) is 3.70 Å². The van der Waals surface area contributed by atoms with E-state index >= 15 is 0 Å². The summed E-state index contributed by atoms with van der Waals surface area (Å²) in [5.74, 6) is 0.806. The number of carbonyl (C=O) groups excluding carboxylic acids is 1. The predicted molar refractivity (Wildman–Crippen MR) is 96.3 cm³/mol. The van der Waals surface area contributed by atoms with E-state index in [2.05, 4.69) is 38.1 Å². The predicted octanol–water partition coefficient (Wildman–Crippen LogP) is 3.42. The van der Waals surface area contributed by atoms with Gasteiger partial charge in [0.05, 0.1) is 0 Å². The lowest BCUT2D eigenvalue weighted by Crippen LogP contribution is -2.51. The number of fused-ring (bicyclic) bond motifs is 2. The molecule has 0 aliphatic carbocycles. The lowest BCUT2D eigenvalue weighted by molar-refractivity contribution is 0.00682. The second-order valence-electron chi connectivity index (χ2n) is 7.33. The van der Waals surface area contributed by atoms with Crippen molar-refractivity contribution in [2.24, 2.45) is 0 Å². The summed E-state index contributed by atoms with van der Waals surface area (Å²) in [6.07, 6.45) is 3.81. The fourth-order valence-electron chi connectivity index (χ4n) is 3.51. The SMILES string of the molecule is CC(C)(C)OC(=O)N1C2CCC1CC(Nc1ccc(I)nn1)C2. The van der Waals surface area contributed by atoms with E-state index in [-0.39, 0.29) is 18.2 Å². The smallest absolute Gasteiger partial charge is 0.410 e. The maximum Gasteiger partial charge on any atom is 0.410 e. The van der Waals surface area contributed by atoms with Gasteiger partial charge in [-0.05, 0) is 81.2 Å². The van der Waals surface area contributed by atoms with E-state index in [4.69, 9.17) is 4.74 Å². The number of piperidine rings is 1. The van der Waals surface area contributed by atoms with Gasteiger partial charge in [-0.2, -0.15) is 0 Å². The number of ether oxygens (including phenoxy) is 1. The molecule has 0 spiro atoms. The van der Waals surface area contributed by atoms with Crippen molar-refractivity contribution in [3.8, 4) is 0 Å². The van der Waals surface area contributed by atoms with Crippen LogP contribution in [0.4, 0.5) is 10.6 Å². The lowest BCUT2D eigenvalue weighted by atomic mass is 9.98. The first-order valence-electron chi connectivity index (χ1n) is 8.09. The number of anilines is 1. The van der Waals surface area contributed by atoms with E-state index in [1.165, 1.54) is 0 Å². The zero-order valence-electron chi connectivity index (χ0n) is 13.8. The summed E-state index contributed by atoms with van der Waals surface area (Å²) in [6.45, 7) is 5.74. The molecule has 2 unspecified atom stereocenters. The third-order valence-corrected chi connectivity index (χ3v) is 4.90. The number of halogens is 1. The third-order valence-electron chi connectivity index (χ3n) is 4.32. The first-order chi connectivity index (χ1) is 10.8. The van der Waals surface area contributed by atoms with Gasteiger partial charge in [0.2, 0.25) is 0 Å². The number of rotatable bonds is 2. The molecule has 3 rings (SSSR count). The first kappa shape index (κ1) is 16.7. The van der Waals surface area contributed by atoms with Crippen molar-refractivity contribution < 1.29 is 9.53 Å². The highest BCUT2D eigenvalue weighted by Gasteiger charge is 2.44. The van der Waals surface area contributed by atoms with Gasteiger partial charge in [-0.15, -0.1) is 10.2 Å². The van der Waals surface area contributed by atoms with Gasteiger partial charge in [0, 0.05) is 18.1 Å². The molecule has 7 heteroatoms. The summed E-state index contributed by atoms with van der Waals surface area (Å²) in [4.78, 5) is 14.4. The number of nitrogens with zero attached hydrogens (tertiary/aromatic N) is 3. The second-order valence-corrected chi connectivity index (χ2v) is 8.43. The van der Waals surface area contributed by atoms with E-state index in [9.17, 15) is 4.79 Å². The van der Waals surface area contributed by atoms with Gasteiger partial charge in [-0.1, -0.05) is 0 Å². The average Bonchev–Trinajstić information content (AvgIpc) is 2.72. The number of nitrogens with one attached hydrogen (secondary N) is 1. The Hall–Kier alpha value is -1.12. The molecule has 1 N–H and O–H groups in total. The lowest BCUT2D eigenvalue weighted by Gasteiger charge is -2.39. The zero-order chi connectivity index (χ0) is 16.6. The highest BCUT2D eigenvalue weighted by molar-refractivity contribution is 14.1. The fraction of sp³-hybridized carbons (Fsp3) is 0.688. The molecular weight excluding hydrogens is 407 g/mol. The van der Waals surface area contributed by atoms with Crippen LogP contribution in [-0.4, -0.2) is 44.9 Å². The van der Waals surface area contributed by atoms with Crippen molar-refractivity contribution >= 4 is 34.5 Å². The number of hydrogen-bond acceptors (Lipinski definition) is 5. The first-order valence-corrected chi connectivity index (χ1v) is 9.17. The van der Waals surface area contributed by atoms with Gasteiger partial charge >= 0.3 is 6.09 Å². The Bertz CT molecular complexity index is 558. The molecule has 2 saturated heterocycles. The number of hydrogen-bond donors (Lipinski definition) is 1. The van der Waals surface area contributed by atoms with Gasteiger partial charge in [-0.25, -0.2) is 4.79 Å². The number of aromatic nitrogens is 2. The summed E-state index contributed by atoms with van der Waals surface area (Å²) >= 11 is 2.14. The van der Waals surface area contributed by atoms with E-state index < -0.39 is 5.60 Å². The van der Waals surface area contributed by atoms with Crippen LogP contribution in [0.2, 0.25) is 0 Å². The summed E-state index contributed by atoms with van der Waals surface area (Å²) in [5.41, 5.74) is -0.442. The topological polar surface area (TPSA) is 67.3 Å². The van der Waals surface area contributed by atoms with Crippen LogP contribution in [0.5, 0.6) is 0 Å². The molecular formula is C16H23IN4O2. The van der Waals surface area contributed by atoms with Crippen LogP contribution in [0.15, 0.2) is 12.1 Å². The Labute approximate surface area is 150 Å². The molecule has 0 radical (unpaired) electrons. The van der Waals surface area contributed by atoms with Crippen molar-refractivity contribution in [3.63, 3.8) is 0 Å². The Morgan fingerprint density at radius 1 is 1.26 bits per heavy atom. The van der Waals surface area contributed by atoms with Gasteiger partial charge < -0.3 is 15.0 Å². The molecule has 2 fully saturated rings. The standard InChI is InChI=1S/C16H23IN4O2/c1-16(2,3)23-15(22)21-11-4-5-12(21)9-10(8-11)18-14-7-6-13(17)19-20-14/h6-7,10-12H,4-5,8-9H2,1-3H3,(H,18,20). The second kappa shape index (κ2) is 6.41. The van der Waals surface area contributed by atoms with Crippen molar-refractivity contribution in [2.75, 3.05) is 5.32 Å². The van der Waals surface area contributed by atoms with E-state index in [1.807, 2.05) is 37.8 Å². The molecule has 1 amide bonds. The van der Waals surface area contributed by atoms with Crippen LogP contribution in [0.1, 0.15) is 46.5 Å². The molecule has 0 saturated carbocycles. The molecule has 126 valence electrons. The van der Waals surface area contributed by atoms with Crippen molar-refractivity contribution in [1.29, 1.82) is 0 Å². The third kappa shape index (κ3) is 4.05. The Morgan fingerprint density at radius 3 is 2.43 bits per heavy atom. The molecule has 6 nitrogen and oxygen atoms in total. The molecule has 23 heavy (non-hydrogen) atoms. The van der Waals surface area contributed by atoms with Crippen molar-refractivity contribution in [2.45, 2.75) is 70.2 Å². The van der Waals surface area contributed by atoms with E-state index in [1.54, 1.807) is 0 Å². The summed E-state index contributed by atoms with van der Waals surface area (Å²) < 4.78 is 6.45. The van der Waals surface area contributed by atoms with E-state index in [0.29, 0.717) is 6.04 Å². The Morgan fingerprint density at radius 2 is 1.91 bits per heavy atom. The van der Waals surface area contributed by atoms with Gasteiger partial charge in [0.1, 0.15) is 15.1 Å². The van der Waals surface area contributed by atoms with Crippen molar-refractivity contribution in [3.05, 3.63) is 15.8 Å². The van der Waals surface area contributed by atoms with Crippen LogP contribution >= 0.6 is 22.6 Å². The minimum atomic E-state index is -0.442. The summed E-state index contributed by atoms with van der Waals surface area (Å²) in [7, 11) is 0. The Balaban J connectivity index is 1.62. The average molecular weight is 430 g/mol. The minimum absolute atomic E-state index is 0.169. The molecule has 0 aromatic carbocycles. The van der Waals surface area contributed by atoms with Crippen LogP contribution in [0.25, 0.3) is 0 Å². The normalized spacial score (nSPS) is 27.0. The monoisotopic (exact) mass is 430 g/mol. The molecule has 1 aromatic heterocycles. The highest BCUT2D eigenvalue weighted by Crippen LogP contribution is 2.37. The largest absolute Gasteiger partial charge is 0.444 e. The molecule has 2 atom stereocenters. The fourth-order valence-corrected chi connectivity index (χ4v) is 3.80. The van der Waals surface area contributed by atoms with Gasteiger partial charge in [0.25, 0.3) is 0 Å². The minimum Gasteiger partial charge on any atom is -0.444 e. The maximum atomic E-state index is 12.4. The van der Waals surface area contributed by atoms with Crippen LogP contribution in [-0.2, 0) is 4.74 Å². The molecule has 2 bridgehead atoms. The number of amides is 1. The Kier molecular flexibility index (Phi) is 4.66. The van der Waals surface area contributed by atoms with Crippen LogP contribution in [0.3, 0.4) is 0 Å². The van der Waals surface area contributed by atoms with Crippen molar-refractivity contribution in [1.82, 2.24) is 15.1 Å². The quantitative estimate of drug-likeness (QED) is 0.729. The number of carbonyl (C=O) groups is 1. The summed E-state index contributed by atoms with van der Waals surface area (Å²) in [5, 5.41) is 11.7. The summed E-state index contributed by atoms with van der Waals surface area (Å²) in [6, 6.07) is 4.76. The van der Waals surface area contributed by atoms with Crippen LogP contribution < -0.4 is 5.32 Å². The highest BCUT2D eigenvalue weighted by atomic mass is 127. The van der Waals surface area contributed by atoms with Gasteiger partial charge in [0.15, 0.2) is 0 Å². The maximum absolute atomic E-state index is 12.4. The van der Waals surface area contributed by atoms with E-state index in [0.717, 1.165) is 35.2 Å². The van der Waals surface area contributed by atoms with Gasteiger partial charge in [-0.3, -0.25) is 0 Å².